The number of aromatic amines is 1. The molecule has 20 heavy (non-hydrogen) atoms. The second-order valence-corrected chi connectivity index (χ2v) is 4.26. The highest BCUT2D eigenvalue weighted by Crippen LogP contribution is 2.50. The van der Waals surface area contributed by atoms with Crippen molar-refractivity contribution < 1.29 is 31.4 Å². The lowest BCUT2D eigenvalue weighted by Gasteiger charge is -2.32. The first kappa shape index (κ1) is 14.6. The van der Waals surface area contributed by atoms with Crippen LogP contribution in [0, 0.1) is 6.92 Å². The number of rotatable bonds is 1. The third-order valence-corrected chi connectivity index (χ3v) is 2.84. The summed E-state index contributed by atoms with van der Waals surface area (Å²) in [7, 11) is 0. The molecule has 0 aliphatic rings. The maximum absolute atomic E-state index is 12.7. The number of imidazole rings is 1. The molecular weight excluding hydrogens is 290 g/mol. The Kier molecular flexibility index (Phi) is 3.01. The lowest BCUT2D eigenvalue weighted by atomic mass is 9.92. The third kappa shape index (κ3) is 2.01. The van der Waals surface area contributed by atoms with Gasteiger partial charge in [-0.05, 0) is 19.1 Å². The molecule has 1 aromatic heterocycles. The van der Waals surface area contributed by atoms with Crippen molar-refractivity contribution in [2.24, 2.45) is 0 Å². The first-order valence-electron chi connectivity index (χ1n) is 5.29. The zero-order valence-electron chi connectivity index (χ0n) is 9.89. The van der Waals surface area contributed by atoms with Crippen LogP contribution in [0.4, 0.5) is 26.3 Å². The number of benzene rings is 1. The van der Waals surface area contributed by atoms with E-state index in [2.05, 4.69) is 9.97 Å². The lowest BCUT2D eigenvalue weighted by Crippen LogP contribution is -2.53. The van der Waals surface area contributed by atoms with Crippen LogP contribution < -0.4 is 0 Å². The van der Waals surface area contributed by atoms with Crippen LogP contribution in [0.25, 0.3) is 11.0 Å². The number of nitrogens with zero attached hydrogens (tertiary/aromatic N) is 1. The Balaban J connectivity index is 2.69. The molecule has 0 saturated heterocycles. The number of hydrogen-bond acceptors (Lipinski definition) is 2. The monoisotopic (exact) mass is 298 g/mol. The van der Waals surface area contributed by atoms with Crippen LogP contribution in [-0.4, -0.2) is 27.4 Å². The van der Waals surface area contributed by atoms with Gasteiger partial charge in [0.05, 0.1) is 11.0 Å². The van der Waals surface area contributed by atoms with Crippen molar-refractivity contribution in [2.75, 3.05) is 0 Å². The normalized spacial score (nSPS) is 14.0. The quantitative estimate of drug-likeness (QED) is 0.794. The number of H-pyrrole nitrogens is 1. The molecule has 110 valence electrons. The Morgan fingerprint density at radius 3 is 2.10 bits per heavy atom. The summed E-state index contributed by atoms with van der Waals surface area (Å²) in [5, 5.41) is 9.24. The van der Waals surface area contributed by atoms with Gasteiger partial charge < -0.3 is 10.1 Å². The molecule has 3 nitrogen and oxygen atoms in total. The second-order valence-electron chi connectivity index (χ2n) is 4.26. The molecular formula is C11H8F6N2O. The molecule has 0 spiro atoms. The Hall–Kier alpha value is -1.77. The van der Waals surface area contributed by atoms with Crippen molar-refractivity contribution >= 4 is 11.0 Å². The van der Waals surface area contributed by atoms with Crippen LogP contribution in [0.1, 0.15) is 11.4 Å². The number of hydrogen-bond donors (Lipinski definition) is 2. The van der Waals surface area contributed by atoms with E-state index in [1.807, 2.05) is 0 Å². The van der Waals surface area contributed by atoms with Crippen molar-refractivity contribution in [3.63, 3.8) is 0 Å². The summed E-state index contributed by atoms with van der Waals surface area (Å²) in [5.41, 5.74) is -6.05. The smallest absolute Gasteiger partial charge is 0.369 e. The summed E-state index contributed by atoms with van der Waals surface area (Å²) in [6, 6.07) is 2.14. The molecule has 0 unspecified atom stereocenters. The topological polar surface area (TPSA) is 48.9 Å². The SMILES string of the molecule is Cc1nc2ccc(C(O)(C(F)(F)F)C(F)(F)F)cc2[nH]1. The fraction of sp³-hybridized carbons (Fsp3) is 0.364. The minimum absolute atomic E-state index is 0.0214. The van der Waals surface area contributed by atoms with E-state index in [4.69, 9.17) is 0 Å². The third-order valence-electron chi connectivity index (χ3n) is 2.84. The molecule has 2 rings (SSSR count). The number of fused-ring (bicyclic) bond motifs is 1. The van der Waals surface area contributed by atoms with E-state index in [-0.39, 0.29) is 11.0 Å². The van der Waals surface area contributed by atoms with Gasteiger partial charge in [0.25, 0.3) is 5.60 Å². The highest BCUT2D eigenvalue weighted by atomic mass is 19.4. The largest absolute Gasteiger partial charge is 0.430 e. The molecule has 0 atom stereocenters. The van der Waals surface area contributed by atoms with Gasteiger partial charge in [-0.1, -0.05) is 6.07 Å². The van der Waals surface area contributed by atoms with Gasteiger partial charge in [-0.3, -0.25) is 0 Å². The molecule has 0 radical (unpaired) electrons. The maximum atomic E-state index is 12.7. The number of alkyl halides is 6. The highest BCUT2D eigenvalue weighted by Gasteiger charge is 2.71. The molecule has 9 heteroatoms. The molecule has 0 saturated carbocycles. The summed E-state index contributed by atoms with van der Waals surface area (Å²) in [5.74, 6) is 0.333. The number of halogens is 6. The molecule has 0 amide bonds. The Labute approximate surface area is 108 Å². The van der Waals surface area contributed by atoms with Gasteiger partial charge in [-0.15, -0.1) is 0 Å². The van der Waals surface area contributed by atoms with E-state index < -0.39 is 23.5 Å². The van der Waals surface area contributed by atoms with Gasteiger partial charge in [0, 0.05) is 5.56 Å². The second kappa shape index (κ2) is 4.11. The average Bonchev–Trinajstić information content (AvgIpc) is 2.63. The van der Waals surface area contributed by atoms with Gasteiger partial charge in [-0.25, -0.2) is 4.98 Å². The number of aliphatic hydroxyl groups is 1. The van der Waals surface area contributed by atoms with Gasteiger partial charge in [-0.2, -0.15) is 26.3 Å². The molecule has 0 aliphatic carbocycles. The van der Waals surface area contributed by atoms with Crippen LogP contribution in [-0.2, 0) is 5.60 Å². The highest BCUT2D eigenvalue weighted by molar-refractivity contribution is 5.76. The first-order valence-corrected chi connectivity index (χ1v) is 5.29. The molecule has 0 aliphatic heterocycles. The maximum Gasteiger partial charge on any atom is 0.430 e. The van der Waals surface area contributed by atoms with Crippen molar-refractivity contribution in [1.82, 2.24) is 9.97 Å². The van der Waals surface area contributed by atoms with Gasteiger partial charge in [0.2, 0.25) is 0 Å². The summed E-state index contributed by atoms with van der Waals surface area (Å²) >= 11 is 0. The standard InChI is InChI=1S/C11H8F6N2O/c1-5-18-7-3-2-6(4-8(7)19-5)9(20,10(12,13)14)11(15,16)17/h2-4,20H,1H3,(H,18,19). The van der Waals surface area contributed by atoms with E-state index in [9.17, 15) is 31.4 Å². The first-order chi connectivity index (χ1) is 8.97. The van der Waals surface area contributed by atoms with Crippen LogP contribution in [0.5, 0.6) is 0 Å². The molecule has 0 bridgehead atoms. The van der Waals surface area contributed by atoms with Crippen LogP contribution >= 0.6 is 0 Å². The molecule has 2 N–H and O–H groups in total. The molecule has 1 aromatic carbocycles. The summed E-state index contributed by atoms with van der Waals surface area (Å²) in [6.45, 7) is 1.50. The van der Waals surface area contributed by atoms with Crippen LogP contribution in [0.3, 0.4) is 0 Å². The number of nitrogens with one attached hydrogen (secondary N) is 1. The van der Waals surface area contributed by atoms with Crippen molar-refractivity contribution in [2.45, 2.75) is 24.9 Å². The minimum Gasteiger partial charge on any atom is -0.369 e. The molecule has 1 heterocycles. The van der Waals surface area contributed by atoms with Crippen molar-refractivity contribution in [3.05, 3.63) is 29.6 Å². The van der Waals surface area contributed by atoms with Crippen molar-refractivity contribution in [1.29, 1.82) is 0 Å². The van der Waals surface area contributed by atoms with Gasteiger partial charge in [0.1, 0.15) is 5.82 Å². The Bertz CT molecular complexity index is 628. The predicted octanol–water partition coefficient (Wildman–Crippen LogP) is 3.18. The molecule has 2 aromatic rings. The van der Waals surface area contributed by atoms with Gasteiger partial charge in [0.15, 0.2) is 0 Å². The average molecular weight is 298 g/mol. The zero-order valence-corrected chi connectivity index (χ0v) is 9.89. The Morgan fingerprint density at radius 2 is 1.60 bits per heavy atom. The summed E-state index contributed by atoms with van der Waals surface area (Å²) < 4.78 is 76.2. The van der Waals surface area contributed by atoms with Crippen LogP contribution in [0.15, 0.2) is 18.2 Å². The van der Waals surface area contributed by atoms with Crippen LogP contribution in [0.2, 0.25) is 0 Å². The lowest BCUT2D eigenvalue weighted by molar-refractivity contribution is -0.376. The minimum atomic E-state index is -5.89. The fourth-order valence-electron chi connectivity index (χ4n) is 1.85. The number of aromatic nitrogens is 2. The van der Waals surface area contributed by atoms with Gasteiger partial charge >= 0.3 is 12.4 Å². The van der Waals surface area contributed by atoms with E-state index in [0.29, 0.717) is 18.0 Å². The Morgan fingerprint density at radius 1 is 1.05 bits per heavy atom. The number of aryl methyl sites for hydroxylation is 1. The molecule has 0 fully saturated rings. The van der Waals surface area contributed by atoms with Crippen molar-refractivity contribution in [3.8, 4) is 0 Å². The van der Waals surface area contributed by atoms with E-state index in [1.165, 1.54) is 6.92 Å². The van der Waals surface area contributed by atoms with E-state index in [1.54, 1.807) is 0 Å². The summed E-state index contributed by atoms with van der Waals surface area (Å²) in [6.07, 6.45) is -11.8. The zero-order chi connectivity index (χ0) is 15.3. The fourth-order valence-corrected chi connectivity index (χ4v) is 1.85. The predicted molar refractivity (Wildman–Crippen MR) is 56.8 cm³/mol. The van der Waals surface area contributed by atoms with E-state index in [0.717, 1.165) is 6.07 Å². The summed E-state index contributed by atoms with van der Waals surface area (Å²) in [4.78, 5) is 6.38. The van der Waals surface area contributed by atoms with E-state index >= 15 is 0 Å².